The summed E-state index contributed by atoms with van der Waals surface area (Å²) >= 11 is 1.61. The fraction of sp³-hybridized carbons (Fsp3) is 0.647. The van der Waals surface area contributed by atoms with Gasteiger partial charge in [0.2, 0.25) is 5.91 Å². The lowest BCUT2D eigenvalue weighted by molar-refractivity contribution is -0.116. The second-order valence-corrected chi connectivity index (χ2v) is 8.03. The van der Waals surface area contributed by atoms with Crippen LogP contribution in [0.25, 0.3) is 0 Å². The standard InChI is InChI=1S/C17H24N2OS/c1-5-6-15(20)19-16-13(10-18)12-8-7-11(17(2,3)4)9-14(12)21-16/h11H,5-9H2,1-4H3,(H,19,20)/t11-/m1/s1. The Morgan fingerprint density at radius 2 is 2.19 bits per heavy atom. The minimum Gasteiger partial charge on any atom is -0.317 e. The Balaban J connectivity index is 2.26. The second-order valence-electron chi connectivity index (χ2n) is 6.92. The largest absolute Gasteiger partial charge is 0.317 e. The van der Waals surface area contributed by atoms with E-state index in [1.54, 1.807) is 11.3 Å². The fourth-order valence-corrected chi connectivity index (χ4v) is 4.24. The number of nitriles is 1. The molecule has 1 aliphatic rings. The number of carbonyl (C=O) groups excluding carboxylic acids is 1. The third-order valence-electron chi connectivity index (χ3n) is 4.33. The summed E-state index contributed by atoms with van der Waals surface area (Å²) in [5.74, 6) is 0.661. The molecule has 0 spiro atoms. The molecule has 1 heterocycles. The maximum Gasteiger partial charge on any atom is 0.224 e. The topological polar surface area (TPSA) is 52.9 Å². The lowest BCUT2D eigenvalue weighted by Gasteiger charge is -2.33. The van der Waals surface area contributed by atoms with E-state index in [1.807, 2.05) is 6.92 Å². The number of thiophene rings is 1. The number of anilines is 1. The summed E-state index contributed by atoms with van der Waals surface area (Å²) < 4.78 is 0. The zero-order chi connectivity index (χ0) is 15.6. The quantitative estimate of drug-likeness (QED) is 0.893. The smallest absolute Gasteiger partial charge is 0.224 e. The highest BCUT2D eigenvalue weighted by Crippen LogP contribution is 2.43. The monoisotopic (exact) mass is 304 g/mol. The molecule has 0 unspecified atom stereocenters. The first-order valence-corrected chi connectivity index (χ1v) is 8.53. The number of nitrogens with zero attached hydrogens (tertiary/aromatic N) is 1. The molecule has 0 saturated carbocycles. The number of rotatable bonds is 3. The maximum atomic E-state index is 11.8. The van der Waals surface area contributed by atoms with Gasteiger partial charge in [0.15, 0.2) is 0 Å². The van der Waals surface area contributed by atoms with Crippen molar-refractivity contribution in [1.29, 1.82) is 5.26 Å². The lowest BCUT2D eigenvalue weighted by Crippen LogP contribution is -2.26. The molecule has 0 radical (unpaired) electrons. The number of hydrogen-bond donors (Lipinski definition) is 1. The maximum absolute atomic E-state index is 11.8. The minimum absolute atomic E-state index is 0.0139. The van der Waals surface area contributed by atoms with Crippen LogP contribution in [-0.4, -0.2) is 5.91 Å². The zero-order valence-corrected chi connectivity index (χ0v) is 14.2. The molecule has 0 fully saturated rings. The molecule has 1 atom stereocenters. The van der Waals surface area contributed by atoms with Crippen LogP contribution in [0.15, 0.2) is 0 Å². The summed E-state index contributed by atoms with van der Waals surface area (Å²) in [6.07, 6.45) is 4.45. The van der Waals surface area contributed by atoms with Crippen molar-refractivity contribution >= 4 is 22.2 Å². The van der Waals surface area contributed by atoms with Gasteiger partial charge in [-0.2, -0.15) is 5.26 Å². The average Bonchev–Trinajstić information content (AvgIpc) is 2.73. The van der Waals surface area contributed by atoms with Gasteiger partial charge in [-0.3, -0.25) is 4.79 Å². The molecule has 0 aliphatic heterocycles. The van der Waals surface area contributed by atoms with E-state index in [2.05, 4.69) is 32.2 Å². The van der Waals surface area contributed by atoms with Crippen molar-refractivity contribution in [3.8, 4) is 6.07 Å². The van der Waals surface area contributed by atoms with Crippen LogP contribution >= 0.6 is 11.3 Å². The normalized spacial score (nSPS) is 18.0. The molecule has 0 saturated heterocycles. The molecule has 1 aromatic rings. The van der Waals surface area contributed by atoms with Crippen LogP contribution in [0.5, 0.6) is 0 Å². The second kappa shape index (κ2) is 6.19. The average molecular weight is 304 g/mol. The van der Waals surface area contributed by atoms with Gasteiger partial charge in [0, 0.05) is 11.3 Å². The molecular formula is C17H24N2OS. The van der Waals surface area contributed by atoms with Crippen molar-refractivity contribution in [3.05, 3.63) is 16.0 Å². The van der Waals surface area contributed by atoms with E-state index in [1.165, 1.54) is 10.4 Å². The van der Waals surface area contributed by atoms with Crippen molar-refractivity contribution in [2.45, 2.75) is 59.8 Å². The van der Waals surface area contributed by atoms with Crippen LogP contribution < -0.4 is 5.32 Å². The summed E-state index contributed by atoms with van der Waals surface area (Å²) in [6.45, 7) is 8.83. The molecule has 4 heteroatoms. The number of nitrogens with one attached hydrogen (secondary N) is 1. The van der Waals surface area contributed by atoms with Crippen molar-refractivity contribution in [3.63, 3.8) is 0 Å². The van der Waals surface area contributed by atoms with E-state index in [4.69, 9.17) is 0 Å². The summed E-state index contributed by atoms with van der Waals surface area (Å²) in [6, 6.07) is 2.30. The Morgan fingerprint density at radius 1 is 1.48 bits per heavy atom. The predicted octanol–water partition coefficient (Wildman–Crippen LogP) is 4.51. The highest BCUT2D eigenvalue weighted by molar-refractivity contribution is 7.16. The molecule has 1 N–H and O–H groups in total. The van der Waals surface area contributed by atoms with Gasteiger partial charge >= 0.3 is 0 Å². The Bertz CT molecular complexity index is 575. The van der Waals surface area contributed by atoms with E-state index >= 15 is 0 Å². The van der Waals surface area contributed by atoms with E-state index < -0.39 is 0 Å². The summed E-state index contributed by atoms with van der Waals surface area (Å²) in [5, 5.41) is 13.1. The number of carbonyl (C=O) groups is 1. The summed E-state index contributed by atoms with van der Waals surface area (Å²) in [7, 11) is 0. The molecule has 1 amide bonds. The Kier molecular flexibility index (Phi) is 4.73. The third-order valence-corrected chi connectivity index (χ3v) is 5.50. The fourth-order valence-electron chi connectivity index (χ4n) is 2.95. The van der Waals surface area contributed by atoms with Gasteiger partial charge in [-0.1, -0.05) is 27.7 Å². The van der Waals surface area contributed by atoms with Gasteiger partial charge in [0.05, 0.1) is 5.56 Å². The Morgan fingerprint density at radius 3 is 2.76 bits per heavy atom. The molecular weight excluding hydrogens is 280 g/mol. The Labute approximate surface area is 131 Å². The highest BCUT2D eigenvalue weighted by atomic mass is 32.1. The first-order chi connectivity index (χ1) is 9.86. The van der Waals surface area contributed by atoms with Gasteiger partial charge in [-0.25, -0.2) is 0 Å². The molecule has 114 valence electrons. The van der Waals surface area contributed by atoms with Crippen molar-refractivity contribution in [2.24, 2.45) is 11.3 Å². The molecule has 2 rings (SSSR count). The molecule has 1 aromatic heterocycles. The van der Waals surface area contributed by atoms with Crippen LogP contribution in [0, 0.1) is 22.7 Å². The lowest BCUT2D eigenvalue weighted by atomic mass is 9.72. The van der Waals surface area contributed by atoms with E-state index in [9.17, 15) is 10.1 Å². The molecule has 0 aromatic carbocycles. The number of amides is 1. The predicted molar refractivity (Wildman–Crippen MR) is 87.5 cm³/mol. The van der Waals surface area contributed by atoms with Crippen LogP contribution in [0.1, 0.15) is 63.0 Å². The molecule has 1 aliphatic carbocycles. The van der Waals surface area contributed by atoms with Gasteiger partial charge in [0.1, 0.15) is 11.1 Å². The zero-order valence-electron chi connectivity index (χ0n) is 13.4. The SMILES string of the molecule is CCCC(=O)Nc1sc2c(c1C#N)CC[C@@H](C(C)(C)C)C2. The van der Waals surface area contributed by atoms with Crippen molar-refractivity contribution in [2.75, 3.05) is 5.32 Å². The summed E-state index contributed by atoms with van der Waals surface area (Å²) in [5.41, 5.74) is 2.17. The van der Waals surface area contributed by atoms with Crippen LogP contribution in [0.2, 0.25) is 0 Å². The highest BCUT2D eigenvalue weighted by Gasteiger charge is 2.32. The van der Waals surface area contributed by atoms with Gasteiger partial charge in [-0.15, -0.1) is 11.3 Å². The van der Waals surface area contributed by atoms with Gasteiger partial charge < -0.3 is 5.32 Å². The molecule has 0 bridgehead atoms. The van der Waals surface area contributed by atoms with Crippen molar-refractivity contribution in [1.82, 2.24) is 0 Å². The number of fused-ring (bicyclic) bond motifs is 1. The van der Waals surface area contributed by atoms with Gasteiger partial charge in [0.25, 0.3) is 0 Å². The van der Waals surface area contributed by atoms with E-state index in [0.717, 1.165) is 30.7 Å². The molecule has 3 nitrogen and oxygen atoms in total. The van der Waals surface area contributed by atoms with E-state index in [0.29, 0.717) is 23.3 Å². The summed E-state index contributed by atoms with van der Waals surface area (Å²) in [4.78, 5) is 13.1. The first kappa shape index (κ1) is 16.0. The van der Waals surface area contributed by atoms with Crippen molar-refractivity contribution < 1.29 is 4.79 Å². The number of hydrogen-bond acceptors (Lipinski definition) is 3. The van der Waals surface area contributed by atoms with Crippen LogP contribution in [0.3, 0.4) is 0 Å². The minimum atomic E-state index is 0.0139. The Hall–Kier alpha value is -1.34. The first-order valence-electron chi connectivity index (χ1n) is 7.71. The van der Waals surface area contributed by atoms with Gasteiger partial charge in [-0.05, 0) is 42.6 Å². The van der Waals surface area contributed by atoms with Crippen LogP contribution in [0.4, 0.5) is 5.00 Å². The third kappa shape index (κ3) is 3.47. The van der Waals surface area contributed by atoms with Crippen LogP contribution in [-0.2, 0) is 17.6 Å². The van der Waals surface area contributed by atoms with E-state index in [-0.39, 0.29) is 5.91 Å². The molecule has 21 heavy (non-hydrogen) atoms.